The van der Waals surface area contributed by atoms with Gasteiger partial charge >= 0.3 is 5.97 Å². The summed E-state index contributed by atoms with van der Waals surface area (Å²) in [5.41, 5.74) is -0.855. The van der Waals surface area contributed by atoms with Crippen molar-refractivity contribution in [1.82, 2.24) is 4.90 Å². The lowest BCUT2D eigenvalue weighted by Crippen LogP contribution is -2.39. The Kier molecular flexibility index (Phi) is 4.73. The lowest BCUT2D eigenvalue weighted by molar-refractivity contribution is -0.147. The highest BCUT2D eigenvalue weighted by Crippen LogP contribution is 2.16. The normalized spacial score (nSPS) is 13.1. The van der Waals surface area contributed by atoms with Gasteiger partial charge in [0.25, 0.3) is 0 Å². The van der Waals surface area contributed by atoms with Crippen molar-refractivity contribution in [2.45, 2.75) is 13.8 Å². The second-order valence-electron chi connectivity index (χ2n) is 4.56. The summed E-state index contributed by atoms with van der Waals surface area (Å²) in [4.78, 5) is 12.5. The van der Waals surface area contributed by atoms with Crippen molar-refractivity contribution in [2.75, 3.05) is 32.1 Å². The molecule has 0 aromatic carbocycles. The van der Waals surface area contributed by atoms with E-state index in [2.05, 4.69) is 0 Å². The summed E-state index contributed by atoms with van der Waals surface area (Å²) in [7, 11) is -1.27. The zero-order chi connectivity index (χ0) is 12.3. The first-order chi connectivity index (χ1) is 6.54. The third-order valence-electron chi connectivity index (χ3n) is 2.09. The van der Waals surface area contributed by atoms with E-state index in [1.165, 1.54) is 6.26 Å². The number of aliphatic carboxylic acids is 1. The van der Waals surface area contributed by atoms with Gasteiger partial charge in [0.1, 0.15) is 9.84 Å². The molecule has 0 radical (unpaired) electrons. The fourth-order valence-electron chi connectivity index (χ4n) is 1.14. The molecule has 0 rings (SSSR count). The summed E-state index contributed by atoms with van der Waals surface area (Å²) in [5, 5.41) is 8.87. The minimum Gasteiger partial charge on any atom is -0.481 e. The molecule has 6 heteroatoms. The Hall–Kier alpha value is -0.620. The van der Waals surface area contributed by atoms with Crippen molar-refractivity contribution in [1.29, 1.82) is 0 Å². The van der Waals surface area contributed by atoms with Crippen LogP contribution < -0.4 is 0 Å². The van der Waals surface area contributed by atoms with Crippen molar-refractivity contribution < 1.29 is 18.3 Å². The van der Waals surface area contributed by atoms with Crippen molar-refractivity contribution in [3.8, 4) is 0 Å². The molecule has 5 nitrogen and oxygen atoms in total. The predicted molar refractivity (Wildman–Crippen MR) is 58.6 cm³/mol. The maximum atomic E-state index is 10.9. The molecule has 0 aromatic rings. The van der Waals surface area contributed by atoms with E-state index in [-0.39, 0.29) is 5.75 Å². The molecule has 0 fully saturated rings. The number of nitrogens with zero attached hydrogens (tertiary/aromatic N) is 1. The van der Waals surface area contributed by atoms with Crippen LogP contribution in [0.25, 0.3) is 0 Å². The van der Waals surface area contributed by atoms with Crippen molar-refractivity contribution in [3.05, 3.63) is 0 Å². The third kappa shape index (κ3) is 6.46. The minimum atomic E-state index is -2.98. The average Bonchev–Trinajstić information content (AvgIpc) is 1.98. The molecule has 1 N–H and O–H groups in total. The van der Waals surface area contributed by atoms with Crippen LogP contribution in [0, 0.1) is 5.41 Å². The first kappa shape index (κ1) is 14.4. The highest BCUT2D eigenvalue weighted by molar-refractivity contribution is 7.90. The van der Waals surface area contributed by atoms with Gasteiger partial charge in [0.2, 0.25) is 0 Å². The minimum absolute atomic E-state index is 0.0548. The molecule has 0 saturated heterocycles. The van der Waals surface area contributed by atoms with Crippen LogP contribution >= 0.6 is 0 Å². The molecular formula is C9H19NO4S. The lowest BCUT2D eigenvalue weighted by atomic mass is 9.93. The summed E-state index contributed by atoms with van der Waals surface area (Å²) >= 11 is 0. The van der Waals surface area contributed by atoms with Crippen LogP contribution in [-0.4, -0.2) is 56.5 Å². The van der Waals surface area contributed by atoms with E-state index < -0.39 is 21.2 Å². The van der Waals surface area contributed by atoms with Gasteiger partial charge in [-0.15, -0.1) is 0 Å². The Balaban J connectivity index is 4.16. The van der Waals surface area contributed by atoms with E-state index in [4.69, 9.17) is 5.11 Å². The second kappa shape index (κ2) is 4.94. The van der Waals surface area contributed by atoms with E-state index >= 15 is 0 Å². The SMILES string of the molecule is CN(CCS(C)(=O)=O)CC(C)(C)C(=O)O. The molecule has 0 heterocycles. The van der Waals surface area contributed by atoms with E-state index in [1.807, 2.05) is 0 Å². The zero-order valence-electron chi connectivity index (χ0n) is 9.65. The molecule has 0 aliphatic carbocycles. The summed E-state index contributed by atoms with van der Waals surface area (Å²) in [6, 6.07) is 0. The number of carboxylic acids is 1. The van der Waals surface area contributed by atoms with E-state index in [9.17, 15) is 13.2 Å². The molecule has 0 aromatic heterocycles. The molecule has 0 amide bonds. The fraction of sp³-hybridized carbons (Fsp3) is 0.889. The first-order valence-corrected chi connectivity index (χ1v) is 6.70. The molecule has 0 aliphatic rings. The molecule has 0 unspecified atom stereocenters. The van der Waals surface area contributed by atoms with Crippen LogP contribution in [0.5, 0.6) is 0 Å². The van der Waals surface area contributed by atoms with Gasteiger partial charge in [-0.2, -0.15) is 0 Å². The maximum absolute atomic E-state index is 10.9. The number of carbonyl (C=O) groups is 1. The van der Waals surface area contributed by atoms with Gasteiger partial charge in [-0.05, 0) is 20.9 Å². The van der Waals surface area contributed by atoms with Crippen LogP contribution in [0.3, 0.4) is 0 Å². The van der Waals surface area contributed by atoms with Crippen molar-refractivity contribution in [3.63, 3.8) is 0 Å². The number of carboxylic acid groups (broad SMARTS) is 1. The first-order valence-electron chi connectivity index (χ1n) is 4.64. The molecule has 90 valence electrons. The van der Waals surface area contributed by atoms with Gasteiger partial charge < -0.3 is 10.0 Å². The zero-order valence-corrected chi connectivity index (χ0v) is 10.5. The topological polar surface area (TPSA) is 74.7 Å². The Morgan fingerprint density at radius 1 is 1.40 bits per heavy atom. The van der Waals surface area contributed by atoms with Crippen molar-refractivity contribution in [2.24, 2.45) is 5.41 Å². The number of sulfone groups is 1. The Morgan fingerprint density at radius 2 is 1.87 bits per heavy atom. The van der Waals surface area contributed by atoms with Gasteiger partial charge in [0, 0.05) is 19.3 Å². The summed E-state index contributed by atoms with van der Waals surface area (Å²) in [6.07, 6.45) is 1.17. The van der Waals surface area contributed by atoms with Gasteiger partial charge in [-0.1, -0.05) is 0 Å². The Labute approximate surface area is 91.0 Å². The fourth-order valence-corrected chi connectivity index (χ4v) is 1.79. The molecular weight excluding hydrogens is 218 g/mol. The molecule has 0 aliphatic heterocycles. The standard InChI is InChI=1S/C9H19NO4S/c1-9(2,8(11)12)7-10(3)5-6-15(4,13)14/h5-7H2,1-4H3,(H,11,12). The maximum Gasteiger partial charge on any atom is 0.310 e. The molecule has 0 atom stereocenters. The molecule has 15 heavy (non-hydrogen) atoms. The predicted octanol–water partition coefficient (Wildman–Crippen LogP) is 0.0736. The van der Waals surface area contributed by atoms with Crippen LogP contribution in [0.2, 0.25) is 0 Å². The Morgan fingerprint density at radius 3 is 2.20 bits per heavy atom. The van der Waals surface area contributed by atoms with Gasteiger partial charge in [-0.3, -0.25) is 4.79 Å². The van der Waals surface area contributed by atoms with E-state index in [0.29, 0.717) is 13.1 Å². The third-order valence-corrected chi connectivity index (χ3v) is 3.01. The Bertz CT molecular complexity index is 321. The van der Waals surface area contributed by atoms with Gasteiger partial charge in [0.15, 0.2) is 0 Å². The molecule has 0 spiro atoms. The van der Waals surface area contributed by atoms with Crippen molar-refractivity contribution >= 4 is 15.8 Å². The quantitative estimate of drug-likeness (QED) is 0.708. The highest BCUT2D eigenvalue weighted by atomic mass is 32.2. The van der Waals surface area contributed by atoms with E-state index in [1.54, 1.807) is 25.8 Å². The number of hydrogen-bond donors (Lipinski definition) is 1. The van der Waals surface area contributed by atoms with Crippen LogP contribution in [0.1, 0.15) is 13.8 Å². The number of rotatable bonds is 6. The summed E-state index contributed by atoms with van der Waals surface area (Å²) in [6.45, 7) is 3.92. The second-order valence-corrected chi connectivity index (χ2v) is 6.82. The number of hydrogen-bond acceptors (Lipinski definition) is 4. The summed E-state index contributed by atoms with van der Waals surface area (Å²) < 4.78 is 21.8. The van der Waals surface area contributed by atoms with Crippen LogP contribution in [0.4, 0.5) is 0 Å². The monoisotopic (exact) mass is 237 g/mol. The largest absolute Gasteiger partial charge is 0.481 e. The average molecular weight is 237 g/mol. The van der Waals surface area contributed by atoms with Gasteiger partial charge in [-0.25, -0.2) is 8.42 Å². The smallest absolute Gasteiger partial charge is 0.310 e. The van der Waals surface area contributed by atoms with Gasteiger partial charge in [0.05, 0.1) is 11.2 Å². The molecule has 0 bridgehead atoms. The van der Waals surface area contributed by atoms with Crippen LogP contribution in [0.15, 0.2) is 0 Å². The highest BCUT2D eigenvalue weighted by Gasteiger charge is 2.28. The molecule has 0 saturated carbocycles. The van der Waals surface area contributed by atoms with E-state index in [0.717, 1.165) is 0 Å². The van der Waals surface area contributed by atoms with Crippen LogP contribution in [-0.2, 0) is 14.6 Å². The summed E-state index contributed by atoms with van der Waals surface area (Å²) in [5.74, 6) is -0.826. The lowest BCUT2D eigenvalue weighted by Gasteiger charge is -2.26.